The Morgan fingerprint density at radius 3 is 2.95 bits per heavy atom. The Balaban J connectivity index is 1.94. The molecule has 2 rings (SSSR count). The largest absolute Gasteiger partial charge is 0.394 e. The number of carbonyl (C=O) groups excluding carboxylic acids is 1. The summed E-state index contributed by atoms with van der Waals surface area (Å²) in [6, 6.07) is 7.53. The molecule has 1 aromatic carbocycles. The monoisotopic (exact) mass is 274 g/mol. The molecular weight excluding hydrogens is 256 g/mol. The summed E-state index contributed by atoms with van der Waals surface area (Å²) in [5, 5.41) is 19.0. The van der Waals surface area contributed by atoms with Crippen molar-refractivity contribution >= 4 is 17.3 Å². The standard InChI is InChI=1S/C14H18N4O2/c1-11(20)17-14-4-2-3-13(7-14)15-8-12-9-16-18(10-12)5-6-19/h2-4,7,9-10,15,19H,5-6,8H2,1H3,(H,17,20). The number of aliphatic hydroxyl groups is 1. The molecule has 0 aliphatic carbocycles. The van der Waals surface area contributed by atoms with Crippen molar-refractivity contribution in [3.8, 4) is 0 Å². The zero-order valence-corrected chi connectivity index (χ0v) is 11.3. The Hall–Kier alpha value is -2.34. The summed E-state index contributed by atoms with van der Waals surface area (Å²) < 4.78 is 1.70. The molecule has 20 heavy (non-hydrogen) atoms. The predicted molar refractivity (Wildman–Crippen MR) is 77.4 cm³/mol. The Labute approximate surface area is 117 Å². The van der Waals surface area contributed by atoms with E-state index < -0.39 is 0 Å². The molecule has 0 unspecified atom stereocenters. The Kier molecular flexibility index (Phi) is 4.73. The van der Waals surface area contributed by atoms with Crippen LogP contribution < -0.4 is 10.6 Å². The van der Waals surface area contributed by atoms with E-state index in [1.165, 1.54) is 6.92 Å². The summed E-state index contributed by atoms with van der Waals surface area (Å²) >= 11 is 0. The second-order valence-electron chi connectivity index (χ2n) is 4.45. The average molecular weight is 274 g/mol. The first-order valence-corrected chi connectivity index (χ1v) is 6.41. The quantitative estimate of drug-likeness (QED) is 0.745. The Morgan fingerprint density at radius 2 is 2.20 bits per heavy atom. The van der Waals surface area contributed by atoms with E-state index in [1.54, 1.807) is 10.9 Å². The molecule has 2 aromatic rings. The zero-order chi connectivity index (χ0) is 14.4. The van der Waals surface area contributed by atoms with Gasteiger partial charge in [-0.3, -0.25) is 9.48 Å². The first kappa shape index (κ1) is 14.1. The van der Waals surface area contributed by atoms with Gasteiger partial charge in [-0.2, -0.15) is 5.10 Å². The highest BCUT2D eigenvalue weighted by molar-refractivity contribution is 5.89. The van der Waals surface area contributed by atoms with E-state index in [1.807, 2.05) is 30.5 Å². The molecule has 1 amide bonds. The summed E-state index contributed by atoms with van der Waals surface area (Å²) in [6.45, 7) is 2.69. The van der Waals surface area contributed by atoms with Crippen molar-refractivity contribution in [3.63, 3.8) is 0 Å². The van der Waals surface area contributed by atoms with Gasteiger partial charge in [-0.15, -0.1) is 0 Å². The third kappa shape index (κ3) is 4.10. The van der Waals surface area contributed by atoms with Gasteiger partial charge in [-0.05, 0) is 18.2 Å². The van der Waals surface area contributed by atoms with E-state index >= 15 is 0 Å². The first-order chi connectivity index (χ1) is 9.67. The molecule has 0 spiro atoms. The topological polar surface area (TPSA) is 79.2 Å². The lowest BCUT2D eigenvalue weighted by Crippen LogP contribution is -2.06. The SMILES string of the molecule is CC(=O)Nc1cccc(NCc2cnn(CCO)c2)c1. The van der Waals surface area contributed by atoms with Crippen LogP contribution in [0.3, 0.4) is 0 Å². The molecule has 106 valence electrons. The van der Waals surface area contributed by atoms with Crippen molar-refractivity contribution in [3.05, 3.63) is 42.2 Å². The number of hydrogen-bond donors (Lipinski definition) is 3. The highest BCUT2D eigenvalue weighted by atomic mass is 16.3. The van der Waals surface area contributed by atoms with Gasteiger partial charge in [0.2, 0.25) is 5.91 Å². The van der Waals surface area contributed by atoms with Gasteiger partial charge < -0.3 is 15.7 Å². The van der Waals surface area contributed by atoms with E-state index in [2.05, 4.69) is 15.7 Å². The van der Waals surface area contributed by atoms with Crippen molar-refractivity contribution in [2.75, 3.05) is 17.2 Å². The lowest BCUT2D eigenvalue weighted by Gasteiger charge is -2.07. The summed E-state index contributed by atoms with van der Waals surface area (Å²) in [4.78, 5) is 11.0. The molecule has 0 bridgehead atoms. The van der Waals surface area contributed by atoms with Crippen LogP contribution >= 0.6 is 0 Å². The molecule has 0 atom stereocenters. The van der Waals surface area contributed by atoms with Crippen LogP contribution in [0.2, 0.25) is 0 Å². The van der Waals surface area contributed by atoms with Crippen molar-refractivity contribution in [2.24, 2.45) is 0 Å². The molecule has 0 saturated heterocycles. The second-order valence-corrected chi connectivity index (χ2v) is 4.45. The van der Waals surface area contributed by atoms with E-state index in [0.717, 1.165) is 16.9 Å². The number of carbonyl (C=O) groups is 1. The average Bonchev–Trinajstić information content (AvgIpc) is 2.84. The third-order valence-corrected chi connectivity index (χ3v) is 2.70. The van der Waals surface area contributed by atoms with E-state index in [4.69, 9.17) is 5.11 Å². The van der Waals surface area contributed by atoms with Crippen molar-refractivity contribution in [1.29, 1.82) is 0 Å². The molecular formula is C14H18N4O2. The smallest absolute Gasteiger partial charge is 0.221 e. The van der Waals surface area contributed by atoms with E-state index in [9.17, 15) is 4.79 Å². The second kappa shape index (κ2) is 6.72. The minimum absolute atomic E-state index is 0.0767. The highest BCUT2D eigenvalue weighted by Gasteiger charge is 2.00. The van der Waals surface area contributed by atoms with Crippen molar-refractivity contribution < 1.29 is 9.90 Å². The number of benzene rings is 1. The molecule has 3 N–H and O–H groups in total. The van der Waals surface area contributed by atoms with Gasteiger partial charge in [0.05, 0.1) is 19.3 Å². The molecule has 0 aliphatic rings. The van der Waals surface area contributed by atoms with Crippen molar-refractivity contribution in [1.82, 2.24) is 9.78 Å². The van der Waals surface area contributed by atoms with Crippen LogP contribution in [0.1, 0.15) is 12.5 Å². The van der Waals surface area contributed by atoms with Gasteiger partial charge in [-0.25, -0.2) is 0 Å². The van der Waals surface area contributed by atoms with Gasteiger partial charge in [0, 0.05) is 36.6 Å². The van der Waals surface area contributed by atoms with Crippen molar-refractivity contribution in [2.45, 2.75) is 20.0 Å². The first-order valence-electron chi connectivity index (χ1n) is 6.41. The van der Waals surface area contributed by atoms with E-state index in [-0.39, 0.29) is 12.5 Å². The highest BCUT2D eigenvalue weighted by Crippen LogP contribution is 2.15. The fourth-order valence-corrected chi connectivity index (χ4v) is 1.84. The number of nitrogens with zero attached hydrogens (tertiary/aromatic N) is 2. The number of rotatable bonds is 6. The summed E-state index contributed by atoms with van der Waals surface area (Å²) in [5.74, 6) is -0.0903. The molecule has 1 heterocycles. The van der Waals surface area contributed by atoms with Gasteiger partial charge in [-0.1, -0.05) is 6.07 Å². The summed E-state index contributed by atoms with van der Waals surface area (Å²) in [5.41, 5.74) is 2.72. The minimum atomic E-state index is -0.0903. The van der Waals surface area contributed by atoms with Crippen LogP contribution in [0, 0.1) is 0 Å². The molecule has 0 fully saturated rings. The number of hydrogen-bond acceptors (Lipinski definition) is 4. The number of aromatic nitrogens is 2. The third-order valence-electron chi connectivity index (χ3n) is 2.70. The van der Waals surface area contributed by atoms with Gasteiger partial charge in [0.15, 0.2) is 0 Å². The fraction of sp³-hybridized carbons (Fsp3) is 0.286. The molecule has 0 radical (unpaired) electrons. The summed E-state index contributed by atoms with van der Waals surface area (Å²) in [6.07, 6.45) is 3.65. The Bertz CT molecular complexity index is 580. The van der Waals surface area contributed by atoms with Crippen LogP contribution in [0.5, 0.6) is 0 Å². The van der Waals surface area contributed by atoms with E-state index in [0.29, 0.717) is 13.1 Å². The number of amides is 1. The number of anilines is 2. The maximum atomic E-state index is 11.0. The summed E-state index contributed by atoms with van der Waals surface area (Å²) in [7, 11) is 0. The van der Waals surface area contributed by atoms with Gasteiger partial charge in [0.1, 0.15) is 0 Å². The fourth-order valence-electron chi connectivity index (χ4n) is 1.84. The van der Waals surface area contributed by atoms with Crippen LogP contribution in [0.4, 0.5) is 11.4 Å². The van der Waals surface area contributed by atoms with Crippen LogP contribution in [0.25, 0.3) is 0 Å². The molecule has 0 aliphatic heterocycles. The van der Waals surface area contributed by atoms with Crippen LogP contribution in [0.15, 0.2) is 36.7 Å². The van der Waals surface area contributed by atoms with Crippen LogP contribution in [-0.4, -0.2) is 27.4 Å². The van der Waals surface area contributed by atoms with Gasteiger partial charge >= 0.3 is 0 Å². The normalized spacial score (nSPS) is 10.3. The van der Waals surface area contributed by atoms with Crippen LogP contribution in [-0.2, 0) is 17.9 Å². The number of nitrogens with one attached hydrogen (secondary N) is 2. The predicted octanol–water partition coefficient (Wildman–Crippen LogP) is 1.45. The maximum absolute atomic E-state index is 11.0. The number of aliphatic hydroxyl groups excluding tert-OH is 1. The maximum Gasteiger partial charge on any atom is 0.221 e. The lowest BCUT2D eigenvalue weighted by molar-refractivity contribution is -0.114. The lowest BCUT2D eigenvalue weighted by atomic mass is 10.2. The molecule has 1 aromatic heterocycles. The molecule has 0 saturated carbocycles. The van der Waals surface area contributed by atoms with Gasteiger partial charge in [0.25, 0.3) is 0 Å². The zero-order valence-electron chi connectivity index (χ0n) is 11.3. The molecule has 6 heteroatoms. The minimum Gasteiger partial charge on any atom is -0.394 e. The molecule has 6 nitrogen and oxygen atoms in total. The Morgan fingerprint density at radius 1 is 1.40 bits per heavy atom.